The second kappa shape index (κ2) is 13.0. The van der Waals surface area contributed by atoms with E-state index in [2.05, 4.69) is 12.2 Å². The molecule has 0 aromatic heterocycles. The van der Waals surface area contributed by atoms with Crippen molar-refractivity contribution in [3.8, 4) is 5.75 Å². The predicted octanol–water partition coefficient (Wildman–Crippen LogP) is 5.94. The van der Waals surface area contributed by atoms with Crippen LogP contribution in [0.3, 0.4) is 0 Å². The summed E-state index contributed by atoms with van der Waals surface area (Å²) in [5, 5.41) is 2.77. The zero-order valence-corrected chi connectivity index (χ0v) is 14.9. The van der Waals surface area contributed by atoms with Crippen LogP contribution in [0, 0.1) is 0 Å². The molecule has 0 heterocycles. The first kappa shape index (κ1) is 19.5. The van der Waals surface area contributed by atoms with Gasteiger partial charge in [-0.25, -0.2) is 0 Å². The Bertz CT molecular complexity index is 431. The lowest BCUT2D eigenvalue weighted by molar-refractivity contribution is -0.114. The molecule has 0 radical (unpaired) electrons. The number of carbonyl (C=O) groups excluding carboxylic acids is 1. The van der Waals surface area contributed by atoms with Crippen LogP contribution in [-0.2, 0) is 4.79 Å². The summed E-state index contributed by atoms with van der Waals surface area (Å²) in [5.74, 6) is 0.768. The molecule has 3 nitrogen and oxygen atoms in total. The molecule has 23 heavy (non-hydrogen) atoms. The van der Waals surface area contributed by atoms with Gasteiger partial charge in [-0.2, -0.15) is 0 Å². The molecule has 1 amide bonds. The average molecular weight is 319 g/mol. The van der Waals surface area contributed by atoms with Crippen LogP contribution >= 0.6 is 0 Å². The molecule has 130 valence electrons. The van der Waals surface area contributed by atoms with Crippen molar-refractivity contribution in [1.82, 2.24) is 0 Å². The van der Waals surface area contributed by atoms with Gasteiger partial charge in [0.05, 0.1) is 6.61 Å². The van der Waals surface area contributed by atoms with E-state index in [1.54, 1.807) is 0 Å². The number of unbranched alkanes of at least 4 members (excludes halogenated alkanes) is 9. The number of amides is 1. The smallest absolute Gasteiger partial charge is 0.221 e. The number of rotatable bonds is 13. The van der Waals surface area contributed by atoms with Crippen LogP contribution in [0.2, 0.25) is 0 Å². The molecule has 1 aromatic rings. The van der Waals surface area contributed by atoms with Crippen LogP contribution in [0.1, 0.15) is 78.1 Å². The van der Waals surface area contributed by atoms with Crippen LogP contribution < -0.4 is 10.1 Å². The summed E-state index contributed by atoms with van der Waals surface area (Å²) in [6.45, 7) is 4.52. The summed E-state index contributed by atoms with van der Waals surface area (Å²) in [6, 6.07) is 7.58. The van der Waals surface area contributed by atoms with Gasteiger partial charge in [0.2, 0.25) is 5.91 Å². The standard InChI is InChI=1S/C20H33NO2/c1-3-4-5-6-7-8-9-10-11-12-16-23-20-15-13-14-19(17-20)21-18(2)22/h13-15,17H,3-12,16H2,1-2H3,(H,21,22). The number of hydrogen-bond acceptors (Lipinski definition) is 2. The fourth-order valence-corrected chi connectivity index (χ4v) is 2.65. The molecule has 0 fully saturated rings. The van der Waals surface area contributed by atoms with E-state index in [-0.39, 0.29) is 5.91 Å². The number of ether oxygens (including phenoxy) is 1. The highest BCUT2D eigenvalue weighted by Gasteiger charge is 1.99. The van der Waals surface area contributed by atoms with Gasteiger partial charge in [-0.05, 0) is 18.6 Å². The topological polar surface area (TPSA) is 38.3 Å². The highest BCUT2D eigenvalue weighted by molar-refractivity contribution is 5.88. The van der Waals surface area contributed by atoms with E-state index in [0.29, 0.717) is 0 Å². The van der Waals surface area contributed by atoms with E-state index in [4.69, 9.17) is 4.74 Å². The largest absolute Gasteiger partial charge is 0.494 e. The van der Waals surface area contributed by atoms with Gasteiger partial charge in [-0.15, -0.1) is 0 Å². The second-order valence-electron chi connectivity index (χ2n) is 6.24. The third-order valence-electron chi connectivity index (χ3n) is 3.92. The van der Waals surface area contributed by atoms with E-state index < -0.39 is 0 Å². The normalized spacial score (nSPS) is 10.5. The molecule has 0 bridgehead atoms. The monoisotopic (exact) mass is 319 g/mol. The van der Waals surface area contributed by atoms with E-state index >= 15 is 0 Å². The minimum absolute atomic E-state index is 0.0585. The van der Waals surface area contributed by atoms with Crippen molar-refractivity contribution in [2.24, 2.45) is 0 Å². The number of carbonyl (C=O) groups is 1. The first-order valence-corrected chi connectivity index (χ1v) is 9.23. The number of nitrogens with one attached hydrogen (secondary N) is 1. The zero-order chi connectivity index (χ0) is 16.8. The Hall–Kier alpha value is -1.51. The van der Waals surface area contributed by atoms with E-state index in [0.717, 1.165) is 24.5 Å². The van der Waals surface area contributed by atoms with Crippen LogP contribution in [0.15, 0.2) is 24.3 Å². The summed E-state index contributed by atoms with van der Waals surface area (Å²) in [5.41, 5.74) is 0.790. The summed E-state index contributed by atoms with van der Waals surface area (Å²) < 4.78 is 5.75. The highest BCUT2D eigenvalue weighted by Crippen LogP contribution is 2.18. The number of hydrogen-bond donors (Lipinski definition) is 1. The van der Waals surface area contributed by atoms with Gasteiger partial charge >= 0.3 is 0 Å². The molecule has 3 heteroatoms. The van der Waals surface area contributed by atoms with Crippen molar-refractivity contribution in [3.05, 3.63) is 24.3 Å². The van der Waals surface area contributed by atoms with E-state index in [1.165, 1.54) is 64.7 Å². The lowest BCUT2D eigenvalue weighted by Crippen LogP contribution is -2.06. The third kappa shape index (κ3) is 10.8. The fourth-order valence-electron chi connectivity index (χ4n) is 2.65. The van der Waals surface area contributed by atoms with Gasteiger partial charge in [-0.1, -0.05) is 70.8 Å². The molecule has 0 unspecified atom stereocenters. The Labute approximate surface area is 141 Å². The van der Waals surface area contributed by atoms with Crippen LogP contribution in [-0.4, -0.2) is 12.5 Å². The average Bonchev–Trinajstić information content (AvgIpc) is 2.52. The summed E-state index contributed by atoms with van der Waals surface area (Å²) in [6.07, 6.45) is 13.3. The first-order chi connectivity index (χ1) is 11.2. The maximum Gasteiger partial charge on any atom is 0.221 e. The molecule has 0 atom stereocenters. The van der Waals surface area contributed by atoms with Crippen LogP contribution in [0.4, 0.5) is 5.69 Å². The Kier molecular flexibility index (Phi) is 11.0. The number of benzene rings is 1. The van der Waals surface area contributed by atoms with Crippen molar-refractivity contribution in [2.45, 2.75) is 78.1 Å². The highest BCUT2D eigenvalue weighted by atomic mass is 16.5. The second-order valence-corrected chi connectivity index (χ2v) is 6.24. The van der Waals surface area contributed by atoms with Crippen molar-refractivity contribution in [2.75, 3.05) is 11.9 Å². The Morgan fingerprint density at radius 2 is 1.57 bits per heavy atom. The molecule has 0 spiro atoms. The predicted molar refractivity (Wildman–Crippen MR) is 98.1 cm³/mol. The van der Waals surface area contributed by atoms with Crippen molar-refractivity contribution in [3.63, 3.8) is 0 Å². The van der Waals surface area contributed by atoms with E-state index in [1.807, 2.05) is 24.3 Å². The molecule has 0 saturated carbocycles. The zero-order valence-electron chi connectivity index (χ0n) is 14.9. The molecule has 0 aliphatic rings. The maximum atomic E-state index is 11.0. The van der Waals surface area contributed by atoms with Gasteiger partial charge in [0.15, 0.2) is 0 Å². The Morgan fingerprint density at radius 1 is 0.957 bits per heavy atom. The molecular formula is C20H33NO2. The third-order valence-corrected chi connectivity index (χ3v) is 3.92. The lowest BCUT2D eigenvalue weighted by Gasteiger charge is -2.08. The quantitative estimate of drug-likeness (QED) is 0.457. The summed E-state index contributed by atoms with van der Waals surface area (Å²) >= 11 is 0. The van der Waals surface area contributed by atoms with Gasteiger partial charge in [0.25, 0.3) is 0 Å². The lowest BCUT2D eigenvalue weighted by atomic mass is 10.1. The SMILES string of the molecule is CCCCCCCCCCCCOc1cccc(NC(C)=O)c1. The molecule has 0 saturated heterocycles. The molecule has 0 aliphatic carbocycles. The van der Waals surface area contributed by atoms with Gasteiger partial charge in [0, 0.05) is 18.7 Å². The Morgan fingerprint density at radius 3 is 2.17 bits per heavy atom. The summed E-state index contributed by atoms with van der Waals surface area (Å²) in [7, 11) is 0. The van der Waals surface area contributed by atoms with Gasteiger partial charge in [-0.3, -0.25) is 4.79 Å². The van der Waals surface area contributed by atoms with E-state index in [9.17, 15) is 4.79 Å². The van der Waals surface area contributed by atoms with Crippen LogP contribution in [0.5, 0.6) is 5.75 Å². The Balaban J connectivity index is 1.99. The maximum absolute atomic E-state index is 11.0. The molecule has 0 aliphatic heterocycles. The molecule has 1 N–H and O–H groups in total. The minimum atomic E-state index is -0.0585. The van der Waals surface area contributed by atoms with Crippen molar-refractivity contribution < 1.29 is 9.53 Å². The first-order valence-electron chi connectivity index (χ1n) is 9.23. The van der Waals surface area contributed by atoms with Crippen molar-refractivity contribution >= 4 is 11.6 Å². The van der Waals surface area contributed by atoms with Crippen molar-refractivity contribution in [1.29, 1.82) is 0 Å². The molecular weight excluding hydrogens is 286 g/mol. The van der Waals surface area contributed by atoms with Gasteiger partial charge < -0.3 is 10.1 Å². The molecule has 1 aromatic carbocycles. The molecule has 1 rings (SSSR count). The van der Waals surface area contributed by atoms with Crippen LogP contribution in [0.25, 0.3) is 0 Å². The van der Waals surface area contributed by atoms with Gasteiger partial charge in [0.1, 0.15) is 5.75 Å². The fraction of sp³-hybridized carbons (Fsp3) is 0.650. The number of anilines is 1. The minimum Gasteiger partial charge on any atom is -0.494 e. The summed E-state index contributed by atoms with van der Waals surface area (Å²) in [4.78, 5) is 11.0.